The van der Waals surface area contributed by atoms with Crippen molar-refractivity contribution >= 4 is 8.32 Å². The second kappa shape index (κ2) is 8.58. The van der Waals surface area contributed by atoms with E-state index in [1.165, 1.54) is 0 Å². The van der Waals surface area contributed by atoms with Crippen molar-refractivity contribution in [2.24, 2.45) is 0 Å². The van der Waals surface area contributed by atoms with Crippen molar-refractivity contribution in [2.45, 2.75) is 77.2 Å². The van der Waals surface area contributed by atoms with Crippen LogP contribution in [0, 0.1) is 0 Å². The Morgan fingerprint density at radius 3 is 2.72 bits per heavy atom. The van der Waals surface area contributed by atoms with Crippen LogP contribution in [0.25, 0.3) is 0 Å². The summed E-state index contributed by atoms with van der Waals surface area (Å²) in [5.74, 6) is 0. The van der Waals surface area contributed by atoms with Crippen LogP contribution in [0.2, 0.25) is 18.1 Å². The molecule has 0 saturated carbocycles. The largest absolute Gasteiger partial charge is 0.405 e. The molecule has 1 unspecified atom stereocenters. The van der Waals surface area contributed by atoms with Gasteiger partial charge in [-0.15, -0.1) is 6.58 Å². The highest BCUT2D eigenvalue weighted by Gasteiger charge is 2.39. The monoisotopic (exact) mass is 363 g/mol. The molecular weight excluding hydrogens is 330 g/mol. The van der Waals surface area contributed by atoms with Crippen LogP contribution in [0.4, 0.5) is 0 Å². The Bertz CT molecular complexity index is 562. The molecule has 0 N–H and O–H groups in total. The fourth-order valence-corrected chi connectivity index (χ4v) is 3.69. The molecule has 5 heteroatoms. The lowest BCUT2D eigenvalue weighted by atomic mass is 10.2. The molecule has 140 valence electrons. The van der Waals surface area contributed by atoms with Gasteiger partial charge in [-0.25, -0.2) is 0 Å². The topological polar surface area (TPSA) is 40.6 Å². The minimum Gasteiger partial charge on any atom is -0.405 e. The van der Waals surface area contributed by atoms with Gasteiger partial charge in [0.2, 0.25) is 0 Å². The molecule has 1 aliphatic heterocycles. The molecule has 1 saturated heterocycles. The smallest absolute Gasteiger partial charge is 0.193 e. The van der Waals surface area contributed by atoms with E-state index in [-0.39, 0.29) is 17.4 Å². The van der Waals surface area contributed by atoms with Crippen LogP contribution in [0.15, 0.2) is 30.9 Å². The third-order valence-corrected chi connectivity index (χ3v) is 9.57. The van der Waals surface area contributed by atoms with Crippen molar-refractivity contribution in [1.82, 2.24) is 4.98 Å². The standard InChI is InChI=1S/C20H33NO3Si/c1-7-18(24-25(5,6)20(2,3)4)17-12-10-11-16(21-17)15-23-19-13-8-9-14-22-19/h7,10-12,18-19H,1,8-9,13-15H2,2-6H3/t18?,19-/m0/s1. The Balaban J connectivity index is 2.03. The number of rotatable bonds is 7. The molecule has 0 radical (unpaired) electrons. The third kappa shape index (κ3) is 5.74. The van der Waals surface area contributed by atoms with Crippen molar-refractivity contribution < 1.29 is 13.9 Å². The molecule has 0 bridgehead atoms. The zero-order valence-electron chi connectivity index (χ0n) is 16.4. The predicted molar refractivity (Wildman–Crippen MR) is 104 cm³/mol. The first-order valence-corrected chi connectivity index (χ1v) is 12.1. The van der Waals surface area contributed by atoms with Crippen molar-refractivity contribution in [3.8, 4) is 0 Å². The van der Waals surface area contributed by atoms with Crippen LogP contribution in [0.5, 0.6) is 0 Å². The summed E-state index contributed by atoms with van der Waals surface area (Å²) in [4.78, 5) is 4.74. The van der Waals surface area contributed by atoms with Gasteiger partial charge in [-0.05, 0) is 49.5 Å². The number of pyridine rings is 1. The second-order valence-electron chi connectivity index (χ2n) is 8.20. The maximum atomic E-state index is 6.48. The zero-order valence-corrected chi connectivity index (χ0v) is 17.4. The van der Waals surface area contributed by atoms with E-state index in [1.807, 2.05) is 24.3 Å². The second-order valence-corrected chi connectivity index (χ2v) is 13.0. The van der Waals surface area contributed by atoms with Gasteiger partial charge < -0.3 is 13.9 Å². The number of hydrogen-bond donors (Lipinski definition) is 0. The molecule has 2 atom stereocenters. The van der Waals surface area contributed by atoms with Crippen LogP contribution in [-0.4, -0.2) is 26.2 Å². The maximum Gasteiger partial charge on any atom is 0.193 e. The first kappa shape index (κ1) is 20.3. The first-order valence-electron chi connectivity index (χ1n) is 9.22. The van der Waals surface area contributed by atoms with E-state index in [9.17, 15) is 0 Å². The van der Waals surface area contributed by atoms with Crippen molar-refractivity contribution in [3.63, 3.8) is 0 Å². The number of hydrogen-bond acceptors (Lipinski definition) is 4. The van der Waals surface area contributed by atoms with E-state index in [0.717, 1.165) is 37.3 Å². The van der Waals surface area contributed by atoms with Gasteiger partial charge in [0.15, 0.2) is 14.6 Å². The minimum atomic E-state index is -1.90. The minimum absolute atomic E-state index is 0.0992. The van der Waals surface area contributed by atoms with Crippen LogP contribution < -0.4 is 0 Å². The summed E-state index contributed by atoms with van der Waals surface area (Å²) in [7, 11) is -1.90. The fraction of sp³-hybridized carbons (Fsp3) is 0.650. The van der Waals surface area contributed by atoms with Crippen LogP contribution in [0.1, 0.15) is 57.5 Å². The van der Waals surface area contributed by atoms with Gasteiger partial charge in [0.1, 0.15) is 6.10 Å². The molecule has 1 aliphatic rings. The molecule has 1 aromatic rings. The molecule has 1 aromatic heterocycles. The summed E-state index contributed by atoms with van der Waals surface area (Å²) in [6.07, 6.45) is 4.81. The van der Waals surface area contributed by atoms with E-state index in [0.29, 0.717) is 6.61 Å². The SMILES string of the molecule is C=CC(O[Si](C)(C)C(C)(C)C)c1cccc(CO[C@H]2CCCCO2)n1. The Morgan fingerprint density at radius 2 is 2.12 bits per heavy atom. The van der Waals surface area contributed by atoms with Crippen LogP contribution >= 0.6 is 0 Å². The van der Waals surface area contributed by atoms with E-state index >= 15 is 0 Å². The average molecular weight is 364 g/mol. The van der Waals surface area contributed by atoms with Crippen molar-refractivity contribution in [2.75, 3.05) is 6.61 Å². The number of nitrogens with zero attached hydrogens (tertiary/aromatic N) is 1. The fourth-order valence-electron chi connectivity index (χ4n) is 2.48. The highest BCUT2D eigenvalue weighted by atomic mass is 28.4. The van der Waals surface area contributed by atoms with E-state index in [2.05, 4.69) is 40.4 Å². The highest BCUT2D eigenvalue weighted by molar-refractivity contribution is 6.74. The molecular formula is C20H33NO3Si. The molecule has 2 rings (SSSR count). The van der Waals surface area contributed by atoms with E-state index in [1.54, 1.807) is 0 Å². The normalized spacial score (nSPS) is 20.3. The predicted octanol–water partition coefficient (Wildman–Crippen LogP) is 5.37. The summed E-state index contributed by atoms with van der Waals surface area (Å²) in [6.45, 7) is 16.4. The lowest BCUT2D eigenvalue weighted by molar-refractivity contribution is -0.169. The summed E-state index contributed by atoms with van der Waals surface area (Å²) in [5, 5.41) is 0.146. The average Bonchev–Trinajstić information content (AvgIpc) is 2.58. The summed E-state index contributed by atoms with van der Waals surface area (Å²) in [6, 6.07) is 5.99. The molecule has 25 heavy (non-hydrogen) atoms. The van der Waals surface area contributed by atoms with Crippen molar-refractivity contribution in [1.29, 1.82) is 0 Å². The zero-order chi connectivity index (χ0) is 18.5. The molecule has 0 amide bonds. The Labute approximate surface area is 153 Å². The maximum absolute atomic E-state index is 6.48. The van der Waals surface area contributed by atoms with Gasteiger partial charge in [0.25, 0.3) is 0 Å². The van der Waals surface area contributed by atoms with E-state index < -0.39 is 8.32 Å². The molecule has 1 fully saturated rings. The quantitative estimate of drug-likeness (QED) is 0.482. The van der Waals surface area contributed by atoms with Gasteiger partial charge in [-0.3, -0.25) is 4.98 Å². The van der Waals surface area contributed by atoms with Gasteiger partial charge in [-0.1, -0.05) is 32.9 Å². The van der Waals surface area contributed by atoms with E-state index in [4.69, 9.17) is 18.9 Å². The lowest BCUT2D eigenvalue weighted by Gasteiger charge is -2.38. The summed E-state index contributed by atoms with van der Waals surface area (Å²) in [5.41, 5.74) is 1.79. The highest BCUT2D eigenvalue weighted by Crippen LogP contribution is 2.39. The Kier molecular flexibility index (Phi) is 6.97. The van der Waals surface area contributed by atoms with Gasteiger partial charge >= 0.3 is 0 Å². The molecule has 0 aliphatic carbocycles. The molecule has 0 aromatic carbocycles. The summed E-state index contributed by atoms with van der Waals surface area (Å²) >= 11 is 0. The lowest BCUT2D eigenvalue weighted by Crippen LogP contribution is -2.41. The van der Waals surface area contributed by atoms with Crippen LogP contribution in [0.3, 0.4) is 0 Å². The molecule has 0 spiro atoms. The van der Waals surface area contributed by atoms with Gasteiger partial charge in [0, 0.05) is 6.61 Å². The third-order valence-electron chi connectivity index (χ3n) is 5.12. The Hall–Kier alpha value is -1.01. The molecule has 2 heterocycles. The molecule has 4 nitrogen and oxygen atoms in total. The van der Waals surface area contributed by atoms with Gasteiger partial charge in [-0.2, -0.15) is 0 Å². The number of aromatic nitrogens is 1. The van der Waals surface area contributed by atoms with Crippen molar-refractivity contribution in [3.05, 3.63) is 42.2 Å². The van der Waals surface area contributed by atoms with Gasteiger partial charge in [0.05, 0.1) is 18.0 Å². The summed E-state index contributed by atoms with van der Waals surface area (Å²) < 4.78 is 17.9. The number of ether oxygens (including phenoxy) is 2. The first-order chi connectivity index (χ1) is 11.7. The Morgan fingerprint density at radius 1 is 1.36 bits per heavy atom. The van der Waals surface area contributed by atoms with Crippen LogP contribution in [-0.2, 0) is 20.5 Å².